The van der Waals surface area contributed by atoms with Gasteiger partial charge in [0.2, 0.25) is 21.7 Å². The number of ether oxygens (including phenoxy) is 1. The largest absolute Gasteiger partial charge is 0.503 e. The van der Waals surface area contributed by atoms with Crippen molar-refractivity contribution in [2.45, 2.75) is 152 Å². The number of aromatic nitrogens is 4. The lowest BCUT2D eigenvalue weighted by Crippen LogP contribution is -2.56. The van der Waals surface area contributed by atoms with Crippen LogP contribution >= 0.6 is 0 Å². The number of halogens is 9. The van der Waals surface area contributed by atoms with Crippen molar-refractivity contribution in [1.29, 1.82) is 0 Å². The zero-order valence-electron chi connectivity index (χ0n) is 64.0. The molecule has 12 aliphatic rings. The number of aromatic hydroxyl groups is 3. The predicted molar refractivity (Wildman–Crippen MR) is 402 cm³/mol. The Morgan fingerprint density at radius 2 is 0.661 bits per heavy atom. The van der Waals surface area contributed by atoms with Crippen molar-refractivity contribution in [3.05, 3.63) is 252 Å². The summed E-state index contributed by atoms with van der Waals surface area (Å²) in [4.78, 5) is 159. The fraction of sp³-hybridized carbons (Fsp3) is 0.381. The minimum absolute atomic E-state index is 0.00119. The number of rotatable bonds is 13. The highest BCUT2D eigenvalue weighted by Gasteiger charge is 2.60. The quantitative estimate of drug-likeness (QED) is 0.0540. The highest BCUT2D eigenvalue weighted by molar-refractivity contribution is 6.03. The molecule has 4 aliphatic carbocycles. The van der Waals surface area contributed by atoms with Gasteiger partial charge in [-0.25, -0.2) is 44.3 Å². The molecule has 4 spiro atoms. The Morgan fingerprint density at radius 3 is 0.959 bits per heavy atom. The van der Waals surface area contributed by atoms with Gasteiger partial charge in [-0.3, -0.25) is 52.7 Å². The number of carbonyl (C=O) groups excluding carboxylic acids is 7. The summed E-state index contributed by atoms with van der Waals surface area (Å²) in [5.41, 5.74) is -8.20. The average Bonchev–Trinajstić information content (AvgIpc) is 1.61. The maximum Gasteiger partial charge on any atom is 0.341 e. The van der Waals surface area contributed by atoms with Crippen LogP contribution in [-0.2, 0) is 52.4 Å². The highest BCUT2D eigenvalue weighted by atomic mass is 19.2. The molecule has 8 aromatic rings. The van der Waals surface area contributed by atoms with Gasteiger partial charge in [0.15, 0.2) is 45.8 Å². The van der Waals surface area contributed by atoms with Crippen molar-refractivity contribution >= 4 is 47.3 Å². The van der Waals surface area contributed by atoms with Gasteiger partial charge in [0, 0.05) is 150 Å². The number of aromatic carboxylic acids is 1. The molecule has 0 radical (unpaired) electrons. The Bertz CT molecular complexity index is 5880. The molecule has 7 amide bonds. The molecule has 8 aliphatic heterocycles. The van der Waals surface area contributed by atoms with E-state index in [1.165, 1.54) is 38.5 Å². The molecule has 8 fully saturated rings. The van der Waals surface area contributed by atoms with Crippen molar-refractivity contribution < 1.29 is 103 Å². The summed E-state index contributed by atoms with van der Waals surface area (Å²) < 4.78 is 135. The molecule has 4 aromatic carbocycles. The van der Waals surface area contributed by atoms with Gasteiger partial charge < -0.3 is 79.0 Å². The zero-order valence-corrected chi connectivity index (χ0v) is 64.0. The second-order valence-electron chi connectivity index (χ2n) is 33.4. The van der Waals surface area contributed by atoms with Crippen LogP contribution in [0.4, 0.5) is 39.5 Å². The maximum atomic E-state index is 14.1. The van der Waals surface area contributed by atoms with E-state index in [9.17, 15) is 112 Å². The van der Waals surface area contributed by atoms with Crippen LogP contribution in [0.25, 0.3) is 0 Å². The van der Waals surface area contributed by atoms with Crippen molar-refractivity contribution in [3.63, 3.8) is 0 Å². The van der Waals surface area contributed by atoms with Gasteiger partial charge >= 0.3 is 5.97 Å². The first-order chi connectivity index (χ1) is 57.6. The van der Waals surface area contributed by atoms with E-state index >= 15 is 0 Å². The number of hydrogen-bond donors (Lipinski definition) is 7. The Hall–Kier alpha value is -13.0. The van der Waals surface area contributed by atoms with Gasteiger partial charge in [0.25, 0.3) is 41.4 Å². The number of carbonyl (C=O) groups is 8. The Labute approximate surface area is 678 Å². The van der Waals surface area contributed by atoms with E-state index in [1.54, 1.807) is 19.3 Å². The Kier molecular flexibility index (Phi) is 19.8. The molecule has 121 heavy (non-hydrogen) atoms. The van der Waals surface area contributed by atoms with E-state index in [0.29, 0.717) is 112 Å². The number of pyridine rings is 4. The topological polar surface area (TPSA) is 364 Å². The number of nitrogens with one attached hydrogen (secondary N) is 3. The molecular weight excluding hydrogens is 1610 g/mol. The highest BCUT2D eigenvalue weighted by Crippen LogP contribution is 2.54. The van der Waals surface area contributed by atoms with Crippen molar-refractivity contribution in [2.24, 2.45) is 23.7 Å². The molecule has 8 bridgehead atoms. The molecule has 4 aromatic heterocycles. The van der Waals surface area contributed by atoms with Crippen molar-refractivity contribution in [2.75, 3.05) is 26.2 Å². The summed E-state index contributed by atoms with van der Waals surface area (Å²) in [5.74, 6) is -17.1. The molecule has 20 rings (SSSR count). The zero-order chi connectivity index (χ0) is 85.7. The summed E-state index contributed by atoms with van der Waals surface area (Å²) in [6.45, 7) is 2.15. The maximum absolute atomic E-state index is 14.1. The lowest BCUT2D eigenvalue weighted by atomic mass is 9.93. The molecule has 4 saturated heterocycles. The van der Waals surface area contributed by atoms with Gasteiger partial charge in [-0.1, -0.05) is 30.3 Å². The molecule has 12 heterocycles. The molecule has 8 atom stereocenters. The van der Waals surface area contributed by atoms with Crippen molar-refractivity contribution in [1.82, 2.24) is 53.8 Å². The van der Waals surface area contributed by atoms with Gasteiger partial charge in [-0.2, -0.15) is 0 Å². The van der Waals surface area contributed by atoms with Crippen LogP contribution in [0, 0.1) is 76.0 Å². The van der Waals surface area contributed by atoms with E-state index in [0.717, 1.165) is 82.6 Å². The normalized spacial score (nSPS) is 23.9. The van der Waals surface area contributed by atoms with Gasteiger partial charge in [-0.15, -0.1) is 0 Å². The van der Waals surface area contributed by atoms with Gasteiger partial charge in [0.1, 0.15) is 81.2 Å². The van der Waals surface area contributed by atoms with E-state index in [2.05, 4.69) is 16.0 Å². The average molecular weight is 1680 g/mol. The summed E-state index contributed by atoms with van der Waals surface area (Å²) in [7, 11) is 0. The second kappa shape index (κ2) is 29.8. The van der Waals surface area contributed by atoms with Crippen LogP contribution in [0.15, 0.2) is 111 Å². The standard InChI is InChI=1S/C28H24F3N3O4.2C21H18F3N3O4.C14H14N2O5/c29-18-8-21(30)19(22(31)9-18)11-32-26(36)20-13-33-15-28-7-6-17(10-28)12-34(28)27(37)23(33)25(24(20)35)38-14-16-4-2-1-3-5-16;2*22-11-3-14(23)12(15(24)4-11)6-25-19(30)13-8-26-9-21-2-1-10(5-21)7-27(21)20(31)16(26)18(29)17(13)28;17-10-8(13(20)21)5-15-6-14-2-1-7(3-14)4-16(14)12(19)9(15)11(10)18/h1-5,8-9,13,17H,6-7,10-12,14-15H2,(H,32,36);2*3-4,8,10,29H,1-2,5-7,9H2,(H,25,30);5,7,18H,1-4,6H2,(H,20,21)/t17-,28+;2*10-,21+;7-,14+/m1111/s1. The number of carboxylic acids is 1. The van der Waals surface area contributed by atoms with E-state index in [-0.39, 0.29) is 74.7 Å². The third kappa shape index (κ3) is 13.6. The summed E-state index contributed by atoms with van der Waals surface area (Å²) in [6.07, 6.45) is 15.8. The Morgan fingerprint density at radius 1 is 0.388 bits per heavy atom. The molecule has 7 N–H and O–H groups in total. The Balaban J connectivity index is 0.000000117. The summed E-state index contributed by atoms with van der Waals surface area (Å²) >= 11 is 0. The monoisotopic (exact) mass is 1680 g/mol. The van der Waals surface area contributed by atoms with Gasteiger partial charge in [-0.05, 0) is 106 Å². The number of fused-ring (bicyclic) bond motifs is 8. The van der Waals surface area contributed by atoms with Gasteiger partial charge in [0.05, 0.1) is 22.2 Å². The molecular formula is C84H74F9N11O17. The number of carboxylic acid groups (broad SMARTS) is 1. The lowest BCUT2D eigenvalue weighted by molar-refractivity contribution is 0.0387. The van der Waals surface area contributed by atoms with E-state index in [1.807, 2.05) is 35.2 Å². The smallest absolute Gasteiger partial charge is 0.341 e. The fourth-order valence-corrected chi connectivity index (χ4v) is 20.7. The molecule has 37 heteroatoms. The summed E-state index contributed by atoms with van der Waals surface area (Å²) in [5, 5.41) is 46.7. The van der Waals surface area contributed by atoms with Crippen LogP contribution in [-0.4, -0.2) is 154 Å². The molecule has 0 unspecified atom stereocenters. The first kappa shape index (κ1) is 80.4. The van der Waals surface area contributed by atoms with E-state index in [4.69, 9.17) is 9.84 Å². The molecule has 4 saturated carbocycles. The minimum Gasteiger partial charge on any atom is -0.503 e. The van der Waals surface area contributed by atoms with E-state index < -0.39 is 180 Å². The van der Waals surface area contributed by atoms with Crippen molar-refractivity contribution in [3.8, 4) is 23.0 Å². The van der Waals surface area contributed by atoms with Crippen LogP contribution < -0.4 is 42.4 Å². The number of piperidine rings is 4. The third-order valence-corrected chi connectivity index (χ3v) is 26.2. The van der Waals surface area contributed by atoms with Crippen LogP contribution in [0.1, 0.15) is 183 Å². The second-order valence-corrected chi connectivity index (χ2v) is 33.4. The lowest BCUT2D eigenvalue weighted by Gasteiger charge is -2.44. The van der Waals surface area contributed by atoms with Crippen LogP contribution in [0.5, 0.6) is 23.0 Å². The number of amides is 7. The van der Waals surface area contributed by atoms with Crippen LogP contribution in [0.2, 0.25) is 0 Å². The first-order valence-electron chi connectivity index (χ1n) is 39.2. The first-order valence-corrected chi connectivity index (χ1v) is 39.2. The SMILES string of the molecule is O=C(NCc1c(F)cc(F)cc1F)c1cn2c(c(O)c1=O)C(=O)N1C[C@@H]3CC[C@]1(C3)C2.O=C(NCc1c(F)cc(F)cc1F)c1cn2c(c(O)c1=O)C(=O)N1C[C@@H]3CC[C@]1(C3)C2.O=C(NCc1c(F)cc(F)cc1F)c1cn2c(c(OCc3ccccc3)c1=O)C(=O)N1C[C@@H]3CC[C@]1(C3)C2.O=C(O)c1cn2c(c(O)c1=O)C(=O)N1C[C@@H]3CC[C@]1(C3)C2. The molecule has 28 nitrogen and oxygen atoms in total. The number of hydrogen-bond acceptors (Lipinski definition) is 16. The molecule has 630 valence electrons. The third-order valence-electron chi connectivity index (χ3n) is 26.2. The fourth-order valence-electron chi connectivity index (χ4n) is 20.7. The number of benzene rings is 4. The minimum atomic E-state index is -1.39. The number of nitrogens with zero attached hydrogens (tertiary/aromatic N) is 8. The predicted octanol–water partition coefficient (Wildman–Crippen LogP) is 7.86. The van der Waals surface area contributed by atoms with Crippen LogP contribution in [0.3, 0.4) is 0 Å². The summed E-state index contributed by atoms with van der Waals surface area (Å²) in [6, 6.07) is 12.0.